The van der Waals surface area contributed by atoms with E-state index >= 15 is 0 Å². The minimum atomic E-state index is -0.538. The molecule has 6 nitrogen and oxygen atoms in total. The maximum absolute atomic E-state index is 12.8. The molecule has 0 spiro atoms. The van der Waals surface area contributed by atoms with Crippen LogP contribution in [-0.2, 0) is 9.59 Å². The molecule has 0 saturated heterocycles. The third kappa shape index (κ3) is 3.94. The van der Waals surface area contributed by atoms with E-state index in [9.17, 15) is 19.8 Å². The summed E-state index contributed by atoms with van der Waals surface area (Å²) in [4.78, 5) is 22.2. The zero-order valence-electron chi connectivity index (χ0n) is 24.8. The molecule has 5 aliphatic rings. The summed E-state index contributed by atoms with van der Waals surface area (Å²) in [5, 5.41) is 21.4. The molecular weight excluding hydrogens is 476 g/mol. The van der Waals surface area contributed by atoms with E-state index in [1.54, 1.807) is 0 Å². The first kappa shape index (κ1) is 29.6. The summed E-state index contributed by atoms with van der Waals surface area (Å²) in [6.07, 6.45) is 10.5. The molecular formula is C32H54N2O4. The summed E-state index contributed by atoms with van der Waals surface area (Å²) >= 11 is 0. The fourth-order valence-corrected chi connectivity index (χ4v) is 11.5. The number of fused-ring (bicyclic) bond motifs is 7. The number of nitrogens with two attached hydrogens (primary N) is 2. The SMILES string of the molecule is C=C(C)[C@@H]1CC[C@]2(C(=O)O)CC[C@]3(C)[C@H](CC[C@@H]4[C@@]5(C)CC[C@H](O)C(C)(C)[C@@H]5CC[C@]43C)[C@@H]12.NCC(N)=O. The first-order chi connectivity index (χ1) is 17.5. The van der Waals surface area contributed by atoms with Gasteiger partial charge in [-0.1, -0.05) is 46.8 Å². The van der Waals surface area contributed by atoms with Crippen molar-refractivity contribution < 1.29 is 19.8 Å². The Labute approximate surface area is 230 Å². The Balaban J connectivity index is 0.000000617. The molecule has 6 N–H and O–H groups in total. The molecule has 38 heavy (non-hydrogen) atoms. The Morgan fingerprint density at radius 1 is 0.868 bits per heavy atom. The van der Waals surface area contributed by atoms with Crippen LogP contribution < -0.4 is 11.5 Å². The Kier molecular flexibility index (Phi) is 7.48. The lowest BCUT2D eigenvalue weighted by atomic mass is 9.32. The standard InChI is InChI=1S/C30H48O3.C2H6N2O/c1-18(2)19-10-15-30(25(32)33)17-16-28(6)20(24(19)30)8-9-22-27(5)13-12-23(31)26(3,4)21(27)11-14-29(22,28)7;3-1-2(4)5/h19-24,31H,1,8-17H2,2-7H3,(H,32,33);1,3H2,(H2,4,5)/t19-,20+,21-,22+,23-,24+,27-,28+,29+,30-;/m0./s1. The summed E-state index contributed by atoms with van der Waals surface area (Å²) in [7, 11) is 0. The number of carbonyl (C=O) groups excluding carboxylic acids is 1. The van der Waals surface area contributed by atoms with E-state index < -0.39 is 17.3 Å². The van der Waals surface area contributed by atoms with Crippen molar-refractivity contribution in [1.82, 2.24) is 0 Å². The number of carbonyl (C=O) groups is 2. The van der Waals surface area contributed by atoms with Gasteiger partial charge in [-0.2, -0.15) is 0 Å². The highest BCUT2D eigenvalue weighted by Gasteiger charge is 2.71. The van der Waals surface area contributed by atoms with Crippen molar-refractivity contribution in [2.24, 2.45) is 68.1 Å². The molecule has 0 bridgehead atoms. The van der Waals surface area contributed by atoms with Crippen LogP contribution in [-0.4, -0.2) is 34.7 Å². The van der Waals surface area contributed by atoms with E-state index in [0.717, 1.165) is 38.5 Å². The molecule has 5 fully saturated rings. The third-order valence-corrected chi connectivity index (χ3v) is 13.7. The fraction of sp³-hybridized carbons (Fsp3) is 0.875. The number of hydrogen-bond acceptors (Lipinski definition) is 4. The predicted octanol–water partition coefficient (Wildman–Crippen LogP) is 5.52. The van der Waals surface area contributed by atoms with Crippen molar-refractivity contribution in [2.45, 2.75) is 112 Å². The summed E-state index contributed by atoms with van der Waals surface area (Å²) < 4.78 is 0. The molecule has 0 unspecified atom stereocenters. The summed E-state index contributed by atoms with van der Waals surface area (Å²) in [6, 6.07) is 0. The quantitative estimate of drug-likeness (QED) is 0.357. The number of aliphatic carboxylic acids is 1. The van der Waals surface area contributed by atoms with Crippen LogP contribution >= 0.6 is 0 Å². The minimum Gasteiger partial charge on any atom is -0.481 e. The van der Waals surface area contributed by atoms with Crippen molar-refractivity contribution in [2.75, 3.05) is 6.54 Å². The highest BCUT2D eigenvalue weighted by Crippen LogP contribution is 2.77. The van der Waals surface area contributed by atoms with Gasteiger partial charge in [-0.15, -0.1) is 0 Å². The molecule has 0 aromatic carbocycles. The van der Waals surface area contributed by atoms with Crippen molar-refractivity contribution in [3.63, 3.8) is 0 Å². The second-order valence-electron chi connectivity index (χ2n) is 15.2. The van der Waals surface area contributed by atoms with Crippen LogP contribution in [0.5, 0.6) is 0 Å². The molecule has 0 heterocycles. The Bertz CT molecular complexity index is 979. The zero-order valence-corrected chi connectivity index (χ0v) is 24.8. The van der Waals surface area contributed by atoms with Gasteiger partial charge in [0.1, 0.15) is 0 Å². The third-order valence-electron chi connectivity index (χ3n) is 13.7. The second-order valence-corrected chi connectivity index (χ2v) is 15.2. The van der Waals surface area contributed by atoms with Crippen molar-refractivity contribution in [3.8, 4) is 0 Å². The van der Waals surface area contributed by atoms with Gasteiger partial charge in [0.25, 0.3) is 0 Å². The van der Waals surface area contributed by atoms with E-state index in [1.165, 1.54) is 31.3 Å². The van der Waals surface area contributed by atoms with Gasteiger partial charge in [0, 0.05) is 0 Å². The van der Waals surface area contributed by atoms with Gasteiger partial charge >= 0.3 is 5.97 Å². The highest BCUT2D eigenvalue weighted by molar-refractivity contribution is 5.76. The monoisotopic (exact) mass is 530 g/mol. The number of amides is 1. The van der Waals surface area contributed by atoms with Crippen LogP contribution in [0.25, 0.3) is 0 Å². The van der Waals surface area contributed by atoms with Crippen molar-refractivity contribution in [3.05, 3.63) is 12.2 Å². The number of carboxylic acids is 1. The average Bonchev–Trinajstić information content (AvgIpc) is 3.24. The molecule has 1 amide bonds. The zero-order chi connectivity index (χ0) is 28.5. The van der Waals surface area contributed by atoms with Crippen LogP contribution in [0.15, 0.2) is 12.2 Å². The minimum absolute atomic E-state index is 0.0202. The molecule has 0 aromatic rings. The molecule has 5 saturated carbocycles. The van der Waals surface area contributed by atoms with Crippen LogP contribution in [0.3, 0.4) is 0 Å². The largest absolute Gasteiger partial charge is 0.481 e. The van der Waals surface area contributed by atoms with E-state index in [2.05, 4.69) is 53.9 Å². The number of primary amides is 1. The van der Waals surface area contributed by atoms with E-state index in [4.69, 9.17) is 5.73 Å². The lowest BCUT2D eigenvalue weighted by Crippen LogP contribution is -2.67. The van der Waals surface area contributed by atoms with Gasteiger partial charge in [0.05, 0.1) is 18.1 Å². The first-order valence-corrected chi connectivity index (χ1v) is 15.1. The van der Waals surface area contributed by atoms with Gasteiger partial charge in [-0.25, -0.2) is 0 Å². The first-order valence-electron chi connectivity index (χ1n) is 15.1. The van der Waals surface area contributed by atoms with Gasteiger partial charge in [-0.05, 0) is 122 Å². The molecule has 216 valence electrons. The number of aliphatic hydroxyl groups is 1. The number of rotatable bonds is 3. The molecule has 6 heteroatoms. The van der Waals surface area contributed by atoms with Gasteiger partial charge in [-0.3, -0.25) is 9.59 Å². The second kappa shape index (κ2) is 9.61. The summed E-state index contributed by atoms with van der Waals surface area (Å²) in [6.45, 7) is 18.8. The molecule has 0 aliphatic heterocycles. The van der Waals surface area contributed by atoms with Crippen molar-refractivity contribution >= 4 is 11.9 Å². The summed E-state index contributed by atoms with van der Waals surface area (Å²) in [5.74, 6) is 1.33. The van der Waals surface area contributed by atoms with E-state index in [-0.39, 0.29) is 40.2 Å². The smallest absolute Gasteiger partial charge is 0.309 e. The van der Waals surface area contributed by atoms with E-state index in [1.807, 2.05) is 0 Å². The Morgan fingerprint density at radius 2 is 1.50 bits per heavy atom. The number of aliphatic hydroxyl groups excluding tert-OH is 1. The van der Waals surface area contributed by atoms with Gasteiger partial charge < -0.3 is 21.7 Å². The Morgan fingerprint density at radius 3 is 2.05 bits per heavy atom. The molecule has 0 radical (unpaired) electrons. The van der Waals surface area contributed by atoms with Crippen LogP contribution in [0.1, 0.15) is 106 Å². The topological polar surface area (TPSA) is 127 Å². The van der Waals surface area contributed by atoms with E-state index in [0.29, 0.717) is 23.7 Å². The maximum Gasteiger partial charge on any atom is 0.309 e. The van der Waals surface area contributed by atoms with Crippen molar-refractivity contribution in [1.29, 1.82) is 0 Å². The molecule has 0 aromatic heterocycles. The molecule has 10 atom stereocenters. The normalized spacial score (nSPS) is 48.7. The van der Waals surface area contributed by atoms with Crippen LogP contribution in [0, 0.1) is 56.7 Å². The molecule has 5 aliphatic carbocycles. The predicted molar refractivity (Wildman–Crippen MR) is 151 cm³/mol. The lowest BCUT2D eigenvalue weighted by Gasteiger charge is -2.72. The lowest BCUT2D eigenvalue weighted by molar-refractivity contribution is -0.248. The maximum atomic E-state index is 12.8. The fourth-order valence-electron chi connectivity index (χ4n) is 11.5. The highest BCUT2D eigenvalue weighted by atomic mass is 16.4. The number of hydrogen-bond donors (Lipinski definition) is 4. The number of carboxylic acid groups (broad SMARTS) is 1. The van der Waals surface area contributed by atoms with Crippen LogP contribution in [0.2, 0.25) is 0 Å². The molecule has 5 rings (SSSR count). The number of allylic oxidation sites excluding steroid dienone is 1. The average molecular weight is 531 g/mol. The van der Waals surface area contributed by atoms with Gasteiger partial charge in [0.15, 0.2) is 0 Å². The van der Waals surface area contributed by atoms with Gasteiger partial charge in [0.2, 0.25) is 5.91 Å². The van der Waals surface area contributed by atoms with Crippen LogP contribution in [0.4, 0.5) is 0 Å². The summed E-state index contributed by atoms with van der Waals surface area (Å²) in [5.41, 5.74) is 10.6. The Hall–Kier alpha value is -1.40.